The van der Waals surface area contributed by atoms with E-state index in [0.29, 0.717) is 17.2 Å². The topological polar surface area (TPSA) is 108 Å². The molecule has 3 rings (SSSR count). The zero-order valence-electron chi connectivity index (χ0n) is 16.0. The predicted molar refractivity (Wildman–Crippen MR) is 109 cm³/mol. The molecule has 0 atom stereocenters. The van der Waals surface area contributed by atoms with Crippen LogP contribution in [0.25, 0.3) is 11.5 Å². The van der Waals surface area contributed by atoms with Gasteiger partial charge in [-0.05, 0) is 38.1 Å². The molecule has 9 nitrogen and oxygen atoms in total. The number of phosphoric acid groups is 1. The third-order valence-corrected chi connectivity index (χ3v) is 5.08. The largest absolute Gasteiger partial charge is 0.530 e. The molecule has 0 radical (unpaired) electrons. The van der Waals surface area contributed by atoms with E-state index in [4.69, 9.17) is 18.0 Å². The quantitative estimate of drug-likeness (QED) is 0.287. The van der Waals surface area contributed by atoms with Gasteiger partial charge in [-0.3, -0.25) is 9.05 Å². The van der Waals surface area contributed by atoms with Crippen LogP contribution in [0.3, 0.4) is 0 Å². The molecular weight excluding hydrogens is 395 g/mol. The maximum absolute atomic E-state index is 12.6. The van der Waals surface area contributed by atoms with Gasteiger partial charge in [0, 0.05) is 11.1 Å². The number of anilines is 1. The number of para-hydroxylation sites is 1. The number of rotatable bonds is 10. The Morgan fingerprint density at radius 1 is 1.03 bits per heavy atom. The summed E-state index contributed by atoms with van der Waals surface area (Å²) < 4.78 is 34.0. The van der Waals surface area contributed by atoms with E-state index in [9.17, 15) is 4.57 Å². The number of hydrogen-bond acceptors (Lipinski definition) is 9. The average Bonchev–Trinajstić information content (AvgIpc) is 3.19. The van der Waals surface area contributed by atoms with Crippen molar-refractivity contribution in [1.82, 2.24) is 10.2 Å². The second kappa shape index (κ2) is 9.97. The van der Waals surface area contributed by atoms with Gasteiger partial charge in [0.05, 0.1) is 19.4 Å². The lowest BCUT2D eigenvalue weighted by atomic mass is 10.2. The standard InChI is InChI=1S/C19H21N4O5P/c1-3-25-29(24,26-4-2)28-17-13-9-8-12-16(17)14-20-22-19-23-21-18(27-19)15-10-6-5-7-11-15/h5-14H,3-4H2,1-2H3,(H,22,23)/b20-14-. The fourth-order valence-corrected chi connectivity index (χ4v) is 3.54. The summed E-state index contributed by atoms with van der Waals surface area (Å²) in [6.07, 6.45) is 1.48. The van der Waals surface area contributed by atoms with E-state index >= 15 is 0 Å². The molecule has 0 aliphatic carbocycles. The molecule has 0 unspecified atom stereocenters. The maximum Gasteiger partial charge on any atom is 0.530 e. The molecule has 2 aromatic carbocycles. The van der Waals surface area contributed by atoms with Crippen LogP contribution >= 0.6 is 7.82 Å². The number of hydrogen-bond donors (Lipinski definition) is 1. The van der Waals surface area contributed by atoms with Crippen LogP contribution in [-0.2, 0) is 13.6 Å². The van der Waals surface area contributed by atoms with Gasteiger partial charge in [-0.25, -0.2) is 9.99 Å². The van der Waals surface area contributed by atoms with Gasteiger partial charge >= 0.3 is 13.8 Å². The number of aromatic nitrogens is 2. The molecule has 0 saturated carbocycles. The van der Waals surface area contributed by atoms with E-state index in [1.807, 2.05) is 30.3 Å². The Morgan fingerprint density at radius 2 is 1.72 bits per heavy atom. The minimum atomic E-state index is -3.71. The van der Waals surface area contributed by atoms with E-state index in [1.54, 1.807) is 38.1 Å². The van der Waals surface area contributed by atoms with Crippen LogP contribution in [0.15, 0.2) is 64.1 Å². The highest BCUT2D eigenvalue weighted by Gasteiger charge is 2.28. The van der Waals surface area contributed by atoms with Crippen molar-refractivity contribution in [3.05, 3.63) is 60.2 Å². The molecule has 152 valence electrons. The molecule has 0 spiro atoms. The van der Waals surface area contributed by atoms with Crippen molar-refractivity contribution in [2.45, 2.75) is 13.8 Å². The van der Waals surface area contributed by atoms with Crippen LogP contribution in [0.2, 0.25) is 0 Å². The van der Waals surface area contributed by atoms with Gasteiger partial charge in [0.1, 0.15) is 5.75 Å². The van der Waals surface area contributed by atoms with Gasteiger partial charge < -0.3 is 8.94 Å². The molecule has 0 saturated heterocycles. The first-order valence-electron chi connectivity index (χ1n) is 8.99. The van der Waals surface area contributed by atoms with Gasteiger partial charge in [0.25, 0.3) is 0 Å². The summed E-state index contributed by atoms with van der Waals surface area (Å²) in [4.78, 5) is 0. The SMILES string of the molecule is CCOP(=O)(OCC)Oc1ccccc1/C=N\Nc1nnc(-c2ccccc2)o1. The Labute approximate surface area is 168 Å². The van der Waals surface area contributed by atoms with Crippen LogP contribution in [0, 0.1) is 0 Å². The Morgan fingerprint density at radius 3 is 2.45 bits per heavy atom. The van der Waals surface area contributed by atoms with Crippen LogP contribution in [0.5, 0.6) is 5.75 Å². The summed E-state index contributed by atoms with van der Waals surface area (Å²) in [5, 5.41) is 11.9. The lowest BCUT2D eigenvalue weighted by Crippen LogP contribution is -2.04. The van der Waals surface area contributed by atoms with Crippen LogP contribution in [-0.4, -0.2) is 29.6 Å². The smallest absolute Gasteiger partial charge is 0.403 e. The molecule has 0 bridgehead atoms. The highest BCUT2D eigenvalue weighted by Crippen LogP contribution is 2.49. The second-order valence-corrected chi connectivity index (χ2v) is 7.15. The summed E-state index contributed by atoms with van der Waals surface area (Å²) in [7, 11) is -3.71. The van der Waals surface area contributed by atoms with Gasteiger partial charge in [0.2, 0.25) is 5.89 Å². The fourth-order valence-electron chi connectivity index (χ4n) is 2.32. The van der Waals surface area contributed by atoms with E-state index in [0.717, 1.165) is 5.56 Å². The first-order valence-corrected chi connectivity index (χ1v) is 10.5. The molecule has 1 heterocycles. The summed E-state index contributed by atoms with van der Waals surface area (Å²) >= 11 is 0. The normalized spacial score (nSPS) is 11.7. The second-order valence-electron chi connectivity index (χ2n) is 5.56. The van der Waals surface area contributed by atoms with E-state index in [-0.39, 0.29) is 19.2 Å². The van der Waals surface area contributed by atoms with Gasteiger partial charge in [-0.1, -0.05) is 35.4 Å². The lowest BCUT2D eigenvalue weighted by Gasteiger charge is -2.18. The molecule has 29 heavy (non-hydrogen) atoms. The molecule has 10 heteroatoms. The van der Waals surface area contributed by atoms with Crippen LogP contribution in [0.4, 0.5) is 6.01 Å². The Hall–Kier alpha value is -3.00. The van der Waals surface area contributed by atoms with E-state index in [1.165, 1.54) is 6.21 Å². The molecule has 3 aromatic rings. The summed E-state index contributed by atoms with van der Waals surface area (Å²) in [6, 6.07) is 16.4. The van der Waals surface area contributed by atoms with E-state index < -0.39 is 7.82 Å². The third kappa shape index (κ3) is 5.74. The Kier molecular flexibility index (Phi) is 7.13. The zero-order valence-corrected chi connectivity index (χ0v) is 16.9. The van der Waals surface area contributed by atoms with Crippen molar-refractivity contribution < 1.29 is 22.6 Å². The van der Waals surface area contributed by atoms with Crippen molar-refractivity contribution in [3.8, 4) is 17.2 Å². The fraction of sp³-hybridized carbons (Fsp3) is 0.211. The maximum atomic E-state index is 12.6. The molecule has 0 amide bonds. The highest BCUT2D eigenvalue weighted by molar-refractivity contribution is 7.48. The predicted octanol–water partition coefficient (Wildman–Crippen LogP) is 4.74. The van der Waals surface area contributed by atoms with Crippen molar-refractivity contribution in [3.63, 3.8) is 0 Å². The molecular formula is C19H21N4O5P. The zero-order chi connectivity index (χ0) is 20.5. The number of benzene rings is 2. The highest BCUT2D eigenvalue weighted by atomic mass is 31.2. The number of nitrogens with zero attached hydrogens (tertiary/aromatic N) is 3. The number of phosphoric ester groups is 1. The molecule has 0 fully saturated rings. The first-order chi connectivity index (χ1) is 14.1. The average molecular weight is 416 g/mol. The van der Waals surface area contributed by atoms with Gasteiger partial charge in [-0.2, -0.15) is 5.10 Å². The summed E-state index contributed by atoms with van der Waals surface area (Å²) in [5.74, 6) is 0.681. The Balaban J connectivity index is 1.70. The third-order valence-electron chi connectivity index (χ3n) is 3.51. The van der Waals surface area contributed by atoms with Crippen molar-refractivity contribution in [2.24, 2.45) is 5.10 Å². The molecule has 1 aromatic heterocycles. The van der Waals surface area contributed by atoms with E-state index in [2.05, 4.69) is 20.7 Å². The number of nitrogens with one attached hydrogen (secondary N) is 1. The van der Waals surface area contributed by atoms with Crippen LogP contribution in [0.1, 0.15) is 19.4 Å². The molecule has 0 aliphatic rings. The minimum absolute atomic E-state index is 0.132. The van der Waals surface area contributed by atoms with Gasteiger partial charge in [0.15, 0.2) is 0 Å². The summed E-state index contributed by atoms with van der Waals surface area (Å²) in [6.45, 7) is 3.80. The minimum Gasteiger partial charge on any atom is -0.403 e. The van der Waals surface area contributed by atoms with Gasteiger partial charge in [-0.15, -0.1) is 5.10 Å². The van der Waals surface area contributed by atoms with Crippen molar-refractivity contribution in [2.75, 3.05) is 18.6 Å². The molecule has 0 aliphatic heterocycles. The summed E-state index contributed by atoms with van der Waals surface area (Å²) in [5.41, 5.74) is 4.03. The Bertz CT molecular complexity index is 983. The first kappa shape index (κ1) is 20.7. The monoisotopic (exact) mass is 416 g/mol. The molecule has 1 N–H and O–H groups in total. The van der Waals surface area contributed by atoms with Crippen molar-refractivity contribution >= 4 is 20.1 Å². The lowest BCUT2D eigenvalue weighted by molar-refractivity contribution is 0.167. The van der Waals surface area contributed by atoms with Crippen LogP contribution < -0.4 is 9.95 Å². The number of hydrazone groups is 1. The van der Waals surface area contributed by atoms with Crippen molar-refractivity contribution in [1.29, 1.82) is 0 Å².